The molecule has 0 amide bonds. The Kier molecular flexibility index (Phi) is 2.35. The van der Waals surface area contributed by atoms with Crippen molar-refractivity contribution in [1.29, 1.82) is 0 Å². The lowest BCUT2D eigenvalue weighted by Gasteiger charge is -2.06. The van der Waals surface area contributed by atoms with Gasteiger partial charge in [-0.1, -0.05) is 17.7 Å². The van der Waals surface area contributed by atoms with E-state index in [-0.39, 0.29) is 16.4 Å². The number of hydrogen-bond acceptors (Lipinski definition) is 3. The van der Waals surface area contributed by atoms with Crippen LogP contribution in [0.3, 0.4) is 0 Å². The molecule has 1 aliphatic heterocycles. The van der Waals surface area contributed by atoms with Gasteiger partial charge in [0.25, 0.3) is 0 Å². The second-order valence-corrected chi connectivity index (χ2v) is 6.01. The molecule has 1 aliphatic rings. The Labute approximate surface area is 93.0 Å². The monoisotopic (exact) mass is 244 g/mol. The zero-order valence-electron chi connectivity index (χ0n) is 8.03. The van der Waals surface area contributed by atoms with Crippen LogP contribution in [-0.4, -0.2) is 20.0 Å². The lowest BCUT2D eigenvalue weighted by atomic mass is 9.98. The molecule has 80 valence electrons. The van der Waals surface area contributed by atoms with Gasteiger partial charge in [0.1, 0.15) is 5.78 Å². The molecule has 1 heterocycles. The fourth-order valence-corrected chi connectivity index (χ4v) is 4.09. The second-order valence-electron chi connectivity index (χ2n) is 3.60. The van der Waals surface area contributed by atoms with E-state index in [0.29, 0.717) is 10.6 Å². The van der Waals surface area contributed by atoms with Crippen molar-refractivity contribution in [3.8, 4) is 0 Å². The van der Waals surface area contributed by atoms with Crippen molar-refractivity contribution in [2.24, 2.45) is 0 Å². The molecule has 5 heteroatoms. The molecule has 0 saturated heterocycles. The average Bonchev–Trinajstić information content (AvgIpc) is 2.40. The summed E-state index contributed by atoms with van der Waals surface area (Å²) in [7, 11) is -3.33. The Hall–Kier alpha value is -0.870. The van der Waals surface area contributed by atoms with Gasteiger partial charge in [0.05, 0.1) is 16.6 Å². The van der Waals surface area contributed by atoms with Gasteiger partial charge in [0.2, 0.25) is 0 Å². The molecule has 0 saturated carbocycles. The molecular weight excluding hydrogens is 236 g/mol. The third kappa shape index (κ3) is 1.58. The average molecular weight is 245 g/mol. The second kappa shape index (κ2) is 3.32. The fraction of sp³-hybridized carbons (Fsp3) is 0.300. The smallest absolute Gasteiger partial charge is 0.179 e. The van der Waals surface area contributed by atoms with Crippen LogP contribution in [-0.2, 0) is 14.6 Å². The van der Waals surface area contributed by atoms with Crippen molar-refractivity contribution in [2.75, 3.05) is 5.75 Å². The number of fused-ring (bicyclic) bond motifs is 1. The van der Waals surface area contributed by atoms with Gasteiger partial charge in [-0.15, -0.1) is 0 Å². The number of Topliss-reactive ketones (excluding diaryl/α,β-unsaturated/α-hetero) is 1. The minimum absolute atomic E-state index is 0.151. The van der Waals surface area contributed by atoms with Crippen molar-refractivity contribution >= 4 is 27.2 Å². The highest BCUT2D eigenvalue weighted by Crippen LogP contribution is 2.39. The minimum Gasteiger partial charge on any atom is -0.299 e. The van der Waals surface area contributed by atoms with Gasteiger partial charge in [-0.3, -0.25) is 4.79 Å². The van der Waals surface area contributed by atoms with E-state index < -0.39 is 15.8 Å². The highest BCUT2D eigenvalue weighted by Gasteiger charge is 2.38. The van der Waals surface area contributed by atoms with Gasteiger partial charge in [-0.2, -0.15) is 0 Å². The number of halogens is 1. The number of benzene rings is 1. The van der Waals surface area contributed by atoms with E-state index in [0.717, 1.165) is 0 Å². The van der Waals surface area contributed by atoms with Crippen LogP contribution in [0.25, 0.3) is 0 Å². The van der Waals surface area contributed by atoms with E-state index in [2.05, 4.69) is 0 Å². The zero-order chi connectivity index (χ0) is 11.2. The van der Waals surface area contributed by atoms with E-state index >= 15 is 0 Å². The number of hydrogen-bond donors (Lipinski definition) is 0. The molecule has 0 aromatic heterocycles. The first-order valence-electron chi connectivity index (χ1n) is 4.45. The Morgan fingerprint density at radius 1 is 1.47 bits per heavy atom. The summed E-state index contributed by atoms with van der Waals surface area (Å²) >= 11 is 5.92. The Morgan fingerprint density at radius 3 is 2.73 bits per heavy atom. The highest BCUT2D eigenvalue weighted by atomic mass is 35.5. The normalized spacial score (nSPS) is 22.4. The van der Waals surface area contributed by atoms with Crippen molar-refractivity contribution in [1.82, 2.24) is 0 Å². The van der Waals surface area contributed by atoms with Crippen LogP contribution >= 0.6 is 11.6 Å². The maximum Gasteiger partial charge on any atom is 0.179 e. The third-order valence-electron chi connectivity index (χ3n) is 2.57. The van der Waals surface area contributed by atoms with E-state index in [1.54, 1.807) is 12.1 Å². The molecule has 0 bridgehead atoms. The molecule has 0 aliphatic carbocycles. The van der Waals surface area contributed by atoms with Crippen molar-refractivity contribution in [3.63, 3.8) is 0 Å². The topological polar surface area (TPSA) is 51.2 Å². The summed E-state index contributed by atoms with van der Waals surface area (Å²) in [5, 5.41) is 0.355. The number of sulfone groups is 1. The van der Waals surface area contributed by atoms with Crippen LogP contribution < -0.4 is 0 Å². The maximum atomic E-state index is 11.7. The number of carbonyl (C=O) groups is 1. The fourth-order valence-electron chi connectivity index (χ4n) is 1.84. The summed E-state index contributed by atoms with van der Waals surface area (Å²) < 4.78 is 23.4. The third-order valence-corrected chi connectivity index (χ3v) is 4.70. The van der Waals surface area contributed by atoms with E-state index in [9.17, 15) is 13.2 Å². The molecule has 1 aromatic carbocycles. The highest BCUT2D eigenvalue weighted by molar-refractivity contribution is 7.91. The largest absolute Gasteiger partial charge is 0.299 e. The predicted octanol–water partition coefficient (Wildman–Crippen LogP) is 1.80. The molecule has 1 unspecified atom stereocenters. The number of ketones is 1. The van der Waals surface area contributed by atoms with Crippen LogP contribution in [0.1, 0.15) is 18.4 Å². The van der Waals surface area contributed by atoms with Crippen LogP contribution in [0.5, 0.6) is 0 Å². The van der Waals surface area contributed by atoms with Crippen molar-refractivity contribution < 1.29 is 13.2 Å². The first kappa shape index (κ1) is 10.6. The number of carbonyl (C=O) groups excluding carboxylic acids is 1. The van der Waals surface area contributed by atoms with E-state index in [1.165, 1.54) is 13.0 Å². The van der Waals surface area contributed by atoms with Crippen LogP contribution in [0, 0.1) is 0 Å². The molecule has 15 heavy (non-hydrogen) atoms. The summed E-state index contributed by atoms with van der Waals surface area (Å²) in [6, 6.07) is 4.69. The molecule has 0 radical (unpaired) electrons. The maximum absolute atomic E-state index is 11.7. The first-order valence-corrected chi connectivity index (χ1v) is 6.48. The molecule has 0 spiro atoms. The lowest BCUT2D eigenvalue weighted by Crippen LogP contribution is -2.11. The molecular formula is C10H9ClO3S. The van der Waals surface area contributed by atoms with Gasteiger partial charge in [0, 0.05) is 10.6 Å². The summed E-state index contributed by atoms with van der Waals surface area (Å²) in [4.78, 5) is 11.5. The van der Waals surface area contributed by atoms with Gasteiger partial charge >= 0.3 is 0 Å². The standard InChI is InChI=1S/C10H9ClO3S/c1-6(12)7-5-15(13,14)9-4-2-3-8(11)10(7)9/h2-4,7H,5H2,1H3. The van der Waals surface area contributed by atoms with Crippen LogP contribution in [0.4, 0.5) is 0 Å². The molecule has 3 nitrogen and oxygen atoms in total. The molecule has 1 atom stereocenters. The Balaban J connectivity index is 2.75. The molecule has 0 fully saturated rings. The Morgan fingerprint density at radius 2 is 2.13 bits per heavy atom. The van der Waals surface area contributed by atoms with Crippen LogP contribution in [0.2, 0.25) is 5.02 Å². The quantitative estimate of drug-likeness (QED) is 0.757. The minimum atomic E-state index is -3.33. The van der Waals surface area contributed by atoms with Gasteiger partial charge < -0.3 is 0 Å². The SMILES string of the molecule is CC(=O)C1CS(=O)(=O)c2cccc(Cl)c21. The molecule has 2 rings (SSSR count). The summed E-state index contributed by atoms with van der Waals surface area (Å²) in [5.74, 6) is -0.911. The van der Waals surface area contributed by atoms with Crippen LogP contribution in [0.15, 0.2) is 23.1 Å². The van der Waals surface area contributed by atoms with E-state index in [1.807, 2.05) is 0 Å². The van der Waals surface area contributed by atoms with Crippen molar-refractivity contribution in [3.05, 3.63) is 28.8 Å². The lowest BCUT2D eigenvalue weighted by molar-refractivity contribution is -0.117. The van der Waals surface area contributed by atoms with Gasteiger partial charge in [-0.25, -0.2) is 8.42 Å². The number of rotatable bonds is 1. The summed E-state index contributed by atoms with van der Waals surface area (Å²) in [5.41, 5.74) is 0.465. The predicted molar refractivity (Wildman–Crippen MR) is 56.9 cm³/mol. The zero-order valence-corrected chi connectivity index (χ0v) is 9.60. The van der Waals surface area contributed by atoms with E-state index in [4.69, 9.17) is 11.6 Å². The Bertz CT molecular complexity index is 534. The summed E-state index contributed by atoms with van der Waals surface area (Å²) in [6.45, 7) is 1.39. The molecule has 0 N–H and O–H groups in total. The van der Waals surface area contributed by atoms with Crippen molar-refractivity contribution in [2.45, 2.75) is 17.7 Å². The van der Waals surface area contributed by atoms with Gasteiger partial charge in [-0.05, 0) is 19.1 Å². The molecule has 1 aromatic rings. The van der Waals surface area contributed by atoms with Gasteiger partial charge in [0.15, 0.2) is 9.84 Å². The first-order chi connectivity index (χ1) is 6.93. The summed E-state index contributed by atoms with van der Waals surface area (Å²) in [6.07, 6.45) is 0.